The molecule has 1 N–H and O–H groups in total. The molecule has 0 radical (unpaired) electrons. The third-order valence-corrected chi connectivity index (χ3v) is 3.07. The van der Waals surface area contributed by atoms with Crippen molar-refractivity contribution >= 4 is 11.6 Å². The summed E-state index contributed by atoms with van der Waals surface area (Å²) in [5.74, 6) is 0. The van der Waals surface area contributed by atoms with Crippen molar-refractivity contribution in [1.82, 2.24) is 5.32 Å². The zero-order valence-corrected chi connectivity index (χ0v) is 8.56. The van der Waals surface area contributed by atoms with Crippen LogP contribution < -0.4 is 5.32 Å². The fourth-order valence-electron chi connectivity index (χ4n) is 1.85. The molecule has 13 heavy (non-hydrogen) atoms. The van der Waals surface area contributed by atoms with E-state index in [1.165, 1.54) is 24.0 Å². The SMILES string of the molecule is Cc1cc(C2CCCN2)ccc1Cl. The smallest absolute Gasteiger partial charge is 0.0435 e. The van der Waals surface area contributed by atoms with E-state index in [4.69, 9.17) is 11.6 Å². The van der Waals surface area contributed by atoms with Crippen LogP contribution in [0.25, 0.3) is 0 Å². The molecule has 1 aliphatic rings. The number of rotatable bonds is 1. The maximum atomic E-state index is 5.97. The van der Waals surface area contributed by atoms with Gasteiger partial charge in [0.2, 0.25) is 0 Å². The Morgan fingerprint density at radius 2 is 2.31 bits per heavy atom. The van der Waals surface area contributed by atoms with E-state index in [0.717, 1.165) is 11.6 Å². The Morgan fingerprint density at radius 3 is 2.92 bits per heavy atom. The zero-order valence-electron chi connectivity index (χ0n) is 7.81. The predicted octanol–water partition coefficient (Wildman–Crippen LogP) is 3.07. The first kappa shape index (κ1) is 9.04. The van der Waals surface area contributed by atoms with Crippen molar-refractivity contribution < 1.29 is 0 Å². The molecule has 1 atom stereocenters. The van der Waals surface area contributed by atoms with Crippen LogP contribution >= 0.6 is 11.6 Å². The Kier molecular flexibility index (Phi) is 2.56. The van der Waals surface area contributed by atoms with Crippen molar-refractivity contribution in [2.24, 2.45) is 0 Å². The van der Waals surface area contributed by atoms with Crippen molar-refractivity contribution in [3.63, 3.8) is 0 Å². The molecular weight excluding hydrogens is 182 g/mol. The van der Waals surface area contributed by atoms with Crippen LogP contribution in [0.15, 0.2) is 18.2 Å². The minimum absolute atomic E-state index is 0.552. The summed E-state index contributed by atoms with van der Waals surface area (Å²) in [5.41, 5.74) is 2.55. The molecule has 1 fully saturated rings. The molecule has 0 bridgehead atoms. The summed E-state index contributed by atoms with van der Waals surface area (Å²) in [4.78, 5) is 0. The van der Waals surface area contributed by atoms with Crippen molar-refractivity contribution in [2.75, 3.05) is 6.54 Å². The zero-order chi connectivity index (χ0) is 9.26. The number of halogens is 1. The number of hydrogen-bond acceptors (Lipinski definition) is 1. The summed E-state index contributed by atoms with van der Waals surface area (Å²) in [5, 5.41) is 4.34. The van der Waals surface area contributed by atoms with Crippen LogP contribution in [0.3, 0.4) is 0 Å². The van der Waals surface area contributed by atoms with Gasteiger partial charge in [0.25, 0.3) is 0 Å². The number of nitrogens with one attached hydrogen (secondary N) is 1. The standard InChI is InChI=1S/C11H14ClN/c1-8-7-9(4-5-10(8)12)11-3-2-6-13-11/h4-5,7,11,13H,2-3,6H2,1H3. The van der Waals surface area contributed by atoms with E-state index in [0.29, 0.717) is 6.04 Å². The summed E-state index contributed by atoms with van der Waals surface area (Å²) in [6.45, 7) is 3.20. The van der Waals surface area contributed by atoms with Crippen LogP contribution in [0.2, 0.25) is 5.02 Å². The molecule has 0 aromatic heterocycles. The van der Waals surface area contributed by atoms with E-state index in [1.807, 2.05) is 6.07 Å². The Bertz CT molecular complexity index is 303. The van der Waals surface area contributed by atoms with Gasteiger partial charge in [0.1, 0.15) is 0 Å². The lowest BCUT2D eigenvalue weighted by atomic mass is 10.0. The van der Waals surface area contributed by atoms with E-state index >= 15 is 0 Å². The van der Waals surface area contributed by atoms with Crippen molar-refractivity contribution in [3.05, 3.63) is 34.3 Å². The Hall–Kier alpha value is -0.530. The summed E-state index contributed by atoms with van der Waals surface area (Å²) in [7, 11) is 0. The molecule has 1 aromatic carbocycles. The fraction of sp³-hybridized carbons (Fsp3) is 0.455. The molecule has 1 saturated heterocycles. The van der Waals surface area contributed by atoms with Crippen LogP contribution in [0.5, 0.6) is 0 Å². The topological polar surface area (TPSA) is 12.0 Å². The molecule has 0 saturated carbocycles. The second-order valence-electron chi connectivity index (χ2n) is 3.66. The molecule has 1 aliphatic heterocycles. The summed E-state index contributed by atoms with van der Waals surface area (Å²) >= 11 is 5.97. The first-order chi connectivity index (χ1) is 6.27. The highest BCUT2D eigenvalue weighted by Crippen LogP contribution is 2.26. The first-order valence-corrected chi connectivity index (χ1v) is 5.14. The number of hydrogen-bond donors (Lipinski definition) is 1. The Morgan fingerprint density at radius 1 is 1.46 bits per heavy atom. The predicted molar refractivity (Wildman–Crippen MR) is 56.2 cm³/mol. The average Bonchev–Trinajstić information content (AvgIpc) is 2.62. The van der Waals surface area contributed by atoms with Crippen LogP contribution in [-0.4, -0.2) is 6.54 Å². The molecular formula is C11H14ClN. The van der Waals surface area contributed by atoms with Gasteiger partial charge in [-0.3, -0.25) is 0 Å². The fourth-order valence-corrected chi connectivity index (χ4v) is 1.97. The van der Waals surface area contributed by atoms with Crippen LogP contribution in [-0.2, 0) is 0 Å². The highest BCUT2D eigenvalue weighted by molar-refractivity contribution is 6.31. The van der Waals surface area contributed by atoms with E-state index < -0.39 is 0 Å². The minimum Gasteiger partial charge on any atom is -0.310 e. The average molecular weight is 196 g/mol. The highest BCUT2D eigenvalue weighted by atomic mass is 35.5. The molecule has 1 heterocycles. The second-order valence-corrected chi connectivity index (χ2v) is 4.06. The van der Waals surface area contributed by atoms with Crippen molar-refractivity contribution in [3.8, 4) is 0 Å². The van der Waals surface area contributed by atoms with Gasteiger partial charge in [0, 0.05) is 11.1 Å². The maximum absolute atomic E-state index is 5.97. The van der Waals surface area contributed by atoms with Crippen LogP contribution in [0, 0.1) is 6.92 Å². The largest absolute Gasteiger partial charge is 0.310 e. The van der Waals surface area contributed by atoms with Crippen LogP contribution in [0.4, 0.5) is 0 Å². The molecule has 1 unspecified atom stereocenters. The second kappa shape index (κ2) is 3.69. The van der Waals surface area contributed by atoms with Gasteiger partial charge in [0.05, 0.1) is 0 Å². The van der Waals surface area contributed by atoms with Gasteiger partial charge in [-0.15, -0.1) is 0 Å². The van der Waals surface area contributed by atoms with E-state index in [1.54, 1.807) is 0 Å². The maximum Gasteiger partial charge on any atom is 0.0435 e. The summed E-state index contributed by atoms with van der Waals surface area (Å²) in [6, 6.07) is 6.85. The molecule has 0 amide bonds. The lowest BCUT2D eigenvalue weighted by Gasteiger charge is -2.11. The van der Waals surface area contributed by atoms with Crippen LogP contribution in [0.1, 0.15) is 30.0 Å². The molecule has 1 aromatic rings. The molecule has 0 aliphatic carbocycles. The molecule has 0 spiro atoms. The van der Waals surface area contributed by atoms with E-state index in [-0.39, 0.29) is 0 Å². The third-order valence-electron chi connectivity index (χ3n) is 2.64. The monoisotopic (exact) mass is 195 g/mol. The van der Waals surface area contributed by atoms with Gasteiger partial charge in [-0.2, -0.15) is 0 Å². The quantitative estimate of drug-likeness (QED) is 0.727. The third kappa shape index (κ3) is 1.87. The van der Waals surface area contributed by atoms with Gasteiger partial charge >= 0.3 is 0 Å². The van der Waals surface area contributed by atoms with Gasteiger partial charge in [0.15, 0.2) is 0 Å². The molecule has 1 nitrogen and oxygen atoms in total. The minimum atomic E-state index is 0.552. The lowest BCUT2D eigenvalue weighted by Crippen LogP contribution is -2.12. The molecule has 70 valence electrons. The van der Waals surface area contributed by atoms with E-state index in [2.05, 4.69) is 24.4 Å². The number of benzene rings is 1. The number of aryl methyl sites for hydroxylation is 1. The van der Waals surface area contributed by atoms with Gasteiger partial charge in [-0.1, -0.05) is 23.7 Å². The van der Waals surface area contributed by atoms with Crippen molar-refractivity contribution in [2.45, 2.75) is 25.8 Å². The normalized spacial score (nSPS) is 22.2. The van der Waals surface area contributed by atoms with Gasteiger partial charge in [-0.05, 0) is 43.5 Å². The Labute approximate surface area is 84.1 Å². The molecule has 2 rings (SSSR count). The lowest BCUT2D eigenvalue weighted by molar-refractivity contribution is 0.647. The van der Waals surface area contributed by atoms with Gasteiger partial charge in [-0.25, -0.2) is 0 Å². The van der Waals surface area contributed by atoms with Crippen molar-refractivity contribution in [1.29, 1.82) is 0 Å². The highest BCUT2D eigenvalue weighted by Gasteiger charge is 2.15. The first-order valence-electron chi connectivity index (χ1n) is 4.77. The van der Waals surface area contributed by atoms with E-state index in [9.17, 15) is 0 Å². The summed E-state index contributed by atoms with van der Waals surface area (Å²) < 4.78 is 0. The van der Waals surface area contributed by atoms with Gasteiger partial charge < -0.3 is 5.32 Å². The molecule has 2 heteroatoms. The summed E-state index contributed by atoms with van der Waals surface area (Å²) in [6.07, 6.45) is 2.54. The Balaban J connectivity index is 2.25.